The second kappa shape index (κ2) is 7.10. The van der Waals surface area contributed by atoms with Crippen molar-refractivity contribution in [3.8, 4) is 11.3 Å². The van der Waals surface area contributed by atoms with Crippen LogP contribution in [0.5, 0.6) is 0 Å². The Labute approximate surface area is 166 Å². The van der Waals surface area contributed by atoms with E-state index in [0.29, 0.717) is 21.5 Å². The molecule has 1 atom stereocenters. The molecule has 27 heavy (non-hydrogen) atoms. The number of rotatable bonds is 4. The van der Waals surface area contributed by atoms with Crippen LogP contribution in [0.25, 0.3) is 16.9 Å². The van der Waals surface area contributed by atoms with E-state index in [2.05, 4.69) is 25.9 Å². The first-order valence-electron chi connectivity index (χ1n) is 8.30. The van der Waals surface area contributed by atoms with Gasteiger partial charge in [-0.3, -0.25) is 0 Å². The predicted octanol–water partition coefficient (Wildman–Crippen LogP) is 5.11. The SMILES string of the molecule is CCc1nc2cc(F)c(Br)cn2c1C(N)c1nc(-c2ccc(F)cc2)cs1. The molecule has 0 aliphatic carbocycles. The third-order valence-electron chi connectivity index (χ3n) is 4.34. The van der Waals surface area contributed by atoms with E-state index in [4.69, 9.17) is 5.73 Å². The first-order valence-corrected chi connectivity index (χ1v) is 9.98. The van der Waals surface area contributed by atoms with Gasteiger partial charge in [0.25, 0.3) is 0 Å². The number of pyridine rings is 1. The van der Waals surface area contributed by atoms with Crippen LogP contribution in [0.4, 0.5) is 8.78 Å². The summed E-state index contributed by atoms with van der Waals surface area (Å²) in [6.07, 6.45) is 2.31. The van der Waals surface area contributed by atoms with Gasteiger partial charge in [-0.15, -0.1) is 11.3 Å². The number of imidazole rings is 1. The summed E-state index contributed by atoms with van der Waals surface area (Å²) >= 11 is 4.65. The van der Waals surface area contributed by atoms with Crippen molar-refractivity contribution in [3.63, 3.8) is 0 Å². The molecule has 3 aromatic heterocycles. The largest absolute Gasteiger partial charge is 0.317 e. The van der Waals surface area contributed by atoms with Crippen molar-refractivity contribution in [1.82, 2.24) is 14.4 Å². The third kappa shape index (κ3) is 3.28. The summed E-state index contributed by atoms with van der Waals surface area (Å²) in [5.41, 5.74) is 10.2. The molecular formula is C19H15BrF2N4S. The molecule has 8 heteroatoms. The van der Waals surface area contributed by atoms with Crippen LogP contribution in [0.1, 0.15) is 29.4 Å². The number of hydrogen-bond donors (Lipinski definition) is 1. The molecule has 1 unspecified atom stereocenters. The molecule has 0 fully saturated rings. The molecule has 0 saturated heterocycles. The van der Waals surface area contributed by atoms with E-state index in [-0.39, 0.29) is 11.6 Å². The molecule has 2 N–H and O–H groups in total. The van der Waals surface area contributed by atoms with Gasteiger partial charge < -0.3 is 10.1 Å². The number of hydrogen-bond acceptors (Lipinski definition) is 4. The van der Waals surface area contributed by atoms with Crippen molar-refractivity contribution >= 4 is 32.9 Å². The molecular weight excluding hydrogens is 434 g/mol. The molecule has 1 aromatic carbocycles. The van der Waals surface area contributed by atoms with Crippen LogP contribution < -0.4 is 5.73 Å². The van der Waals surface area contributed by atoms with Crippen molar-refractivity contribution in [2.45, 2.75) is 19.4 Å². The zero-order valence-electron chi connectivity index (χ0n) is 14.3. The summed E-state index contributed by atoms with van der Waals surface area (Å²) in [5, 5.41) is 2.61. The highest BCUT2D eigenvalue weighted by molar-refractivity contribution is 9.10. The van der Waals surface area contributed by atoms with Gasteiger partial charge >= 0.3 is 0 Å². The molecule has 0 aliphatic rings. The molecule has 0 spiro atoms. The maximum absolute atomic E-state index is 13.9. The summed E-state index contributed by atoms with van der Waals surface area (Å²) in [6.45, 7) is 1.98. The lowest BCUT2D eigenvalue weighted by molar-refractivity contribution is 0.618. The molecule has 0 bridgehead atoms. The molecule has 4 nitrogen and oxygen atoms in total. The van der Waals surface area contributed by atoms with E-state index >= 15 is 0 Å². The fraction of sp³-hybridized carbons (Fsp3) is 0.158. The monoisotopic (exact) mass is 448 g/mol. The van der Waals surface area contributed by atoms with Crippen molar-refractivity contribution in [3.05, 3.63) is 74.4 Å². The molecule has 0 amide bonds. The first kappa shape index (κ1) is 18.2. The number of nitrogens with zero attached hydrogens (tertiary/aromatic N) is 3. The van der Waals surface area contributed by atoms with Gasteiger partial charge in [-0.05, 0) is 46.6 Å². The quantitative estimate of drug-likeness (QED) is 0.471. The van der Waals surface area contributed by atoms with E-state index in [1.807, 2.05) is 12.3 Å². The van der Waals surface area contributed by atoms with Gasteiger partial charge in [0.15, 0.2) is 0 Å². The van der Waals surface area contributed by atoms with Crippen LogP contribution in [-0.4, -0.2) is 14.4 Å². The normalized spacial score (nSPS) is 12.6. The van der Waals surface area contributed by atoms with Crippen molar-refractivity contribution in [2.75, 3.05) is 0 Å². The summed E-state index contributed by atoms with van der Waals surface area (Å²) in [6, 6.07) is 7.05. The van der Waals surface area contributed by atoms with Gasteiger partial charge in [0.05, 0.1) is 27.6 Å². The fourth-order valence-corrected chi connectivity index (χ4v) is 4.15. The number of fused-ring (bicyclic) bond motifs is 1. The number of benzene rings is 1. The number of thiazole rings is 1. The number of aryl methyl sites for hydroxylation is 1. The minimum Gasteiger partial charge on any atom is -0.317 e. The second-order valence-corrected chi connectivity index (χ2v) is 7.79. The first-order chi connectivity index (χ1) is 13.0. The van der Waals surface area contributed by atoms with Gasteiger partial charge in [-0.2, -0.15) is 0 Å². The third-order valence-corrected chi connectivity index (χ3v) is 5.85. The Balaban J connectivity index is 1.78. The molecule has 4 aromatic rings. The smallest absolute Gasteiger partial charge is 0.142 e. The standard InChI is InChI=1S/C19H15BrF2N4S/c1-2-14-18(26-8-12(20)13(22)7-16(26)24-14)17(23)19-25-15(9-27-19)10-3-5-11(21)6-4-10/h3-9,17H,2,23H2,1H3. The van der Waals surface area contributed by atoms with Crippen molar-refractivity contribution < 1.29 is 8.78 Å². The van der Waals surface area contributed by atoms with E-state index in [0.717, 1.165) is 22.6 Å². The molecule has 138 valence electrons. The average molecular weight is 449 g/mol. The van der Waals surface area contributed by atoms with Gasteiger partial charge in [0, 0.05) is 23.2 Å². The molecule has 0 radical (unpaired) electrons. The predicted molar refractivity (Wildman–Crippen MR) is 106 cm³/mol. The van der Waals surface area contributed by atoms with Gasteiger partial charge in [0.2, 0.25) is 0 Å². The number of aromatic nitrogens is 3. The van der Waals surface area contributed by atoms with Crippen LogP contribution in [0.15, 0.2) is 46.4 Å². The van der Waals surface area contributed by atoms with Crippen LogP contribution in [0.2, 0.25) is 0 Å². The van der Waals surface area contributed by atoms with Crippen LogP contribution in [0, 0.1) is 11.6 Å². The van der Waals surface area contributed by atoms with Crippen LogP contribution >= 0.6 is 27.3 Å². The number of halogens is 3. The van der Waals surface area contributed by atoms with E-state index in [1.165, 1.54) is 29.5 Å². The number of nitrogens with two attached hydrogens (primary N) is 1. The molecule has 4 rings (SSSR count). The second-order valence-electron chi connectivity index (χ2n) is 6.05. The maximum atomic E-state index is 13.9. The Hall–Kier alpha value is -2.16. The average Bonchev–Trinajstić information content (AvgIpc) is 3.27. The lowest BCUT2D eigenvalue weighted by atomic mass is 10.1. The highest BCUT2D eigenvalue weighted by Crippen LogP contribution is 2.31. The Kier molecular flexibility index (Phi) is 4.79. The topological polar surface area (TPSA) is 56.2 Å². The maximum Gasteiger partial charge on any atom is 0.142 e. The Bertz CT molecular complexity index is 1120. The Morgan fingerprint density at radius 2 is 1.96 bits per heavy atom. The minimum absolute atomic E-state index is 0.290. The summed E-state index contributed by atoms with van der Waals surface area (Å²) < 4.78 is 29.1. The van der Waals surface area contributed by atoms with Gasteiger partial charge in [0.1, 0.15) is 22.3 Å². The van der Waals surface area contributed by atoms with E-state index in [9.17, 15) is 8.78 Å². The fourth-order valence-electron chi connectivity index (χ4n) is 3.00. The van der Waals surface area contributed by atoms with E-state index < -0.39 is 6.04 Å². The minimum atomic E-state index is -0.508. The Morgan fingerprint density at radius 1 is 1.22 bits per heavy atom. The van der Waals surface area contributed by atoms with Gasteiger partial charge in [-0.25, -0.2) is 18.7 Å². The highest BCUT2D eigenvalue weighted by Gasteiger charge is 2.23. The molecule has 0 saturated carbocycles. The summed E-state index contributed by atoms with van der Waals surface area (Å²) in [4.78, 5) is 9.14. The lowest BCUT2D eigenvalue weighted by Gasteiger charge is -2.11. The lowest BCUT2D eigenvalue weighted by Crippen LogP contribution is -2.16. The van der Waals surface area contributed by atoms with Crippen molar-refractivity contribution in [1.29, 1.82) is 0 Å². The van der Waals surface area contributed by atoms with Crippen LogP contribution in [-0.2, 0) is 6.42 Å². The van der Waals surface area contributed by atoms with Crippen LogP contribution in [0.3, 0.4) is 0 Å². The summed E-state index contributed by atoms with van der Waals surface area (Å²) in [5.74, 6) is -0.662. The van der Waals surface area contributed by atoms with Crippen molar-refractivity contribution in [2.24, 2.45) is 5.73 Å². The van der Waals surface area contributed by atoms with Gasteiger partial charge in [-0.1, -0.05) is 6.92 Å². The zero-order valence-corrected chi connectivity index (χ0v) is 16.7. The zero-order chi connectivity index (χ0) is 19.1. The molecule has 0 aliphatic heterocycles. The van der Waals surface area contributed by atoms with E-state index in [1.54, 1.807) is 22.7 Å². The summed E-state index contributed by atoms with van der Waals surface area (Å²) in [7, 11) is 0. The highest BCUT2D eigenvalue weighted by atomic mass is 79.9. The Morgan fingerprint density at radius 3 is 2.67 bits per heavy atom. The molecule has 3 heterocycles.